The topological polar surface area (TPSA) is 181 Å². The number of para-hydroxylation sites is 1. The number of aromatic nitrogens is 2. The Bertz CT molecular complexity index is 2970. The zero-order valence-electron chi connectivity index (χ0n) is 40.6. The molecule has 5 aromatic carbocycles. The maximum Gasteiger partial charge on any atom is 0.307 e. The minimum Gasteiger partial charge on any atom is -0.367 e. The smallest absolute Gasteiger partial charge is 0.307 e. The highest BCUT2D eigenvalue weighted by molar-refractivity contribution is 6.00. The number of carbonyl (C=O) groups is 1. The number of anilines is 5. The molecule has 0 radical (unpaired) electrons. The van der Waals surface area contributed by atoms with Crippen LogP contribution in [0.2, 0.25) is 0 Å². The first-order valence-corrected chi connectivity index (χ1v) is 23.1. The third kappa shape index (κ3) is 14.9. The maximum absolute atomic E-state index is 15.0. The second-order valence-corrected chi connectivity index (χ2v) is 17.2. The summed E-state index contributed by atoms with van der Waals surface area (Å²) in [6, 6.07) is 17.2. The quantitative estimate of drug-likeness (QED) is 0.0413. The van der Waals surface area contributed by atoms with E-state index in [0.717, 1.165) is 67.9 Å². The van der Waals surface area contributed by atoms with Gasteiger partial charge in [0.25, 0.3) is 0 Å². The molecule has 392 valence electrons. The summed E-state index contributed by atoms with van der Waals surface area (Å²) in [5.41, 5.74) is 1.26. The number of halogens is 7. The van der Waals surface area contributed by atoms with Gasteiger partial charge in [0.15, 0.2) is 17.5 Å². The standard InChI is InChI=1S/C28H26F2N6O.C11H13F2N3O2.C6H2F3NO2.C5H12N2/c1-3-26(37)32-20-8-4-6-18(14-20)21-9-5-7-19-17-31-28(34-27(19)21)33-24-15-23(30)25(16-22(24)29)36-12-10-35(2)11-13-36;1-14-2-4-15(5-3-14)10-6-9(13)11(16(17)18)7-8(10)12;7-3-1-5(9)6(10(11)12)2-4(3)8;1-7-4-2-6-3-5-7/h3-9,14-17H,1,10-13H2,2H3,(H,32,37)(H,31,33,34);6-7H,2-5H2,1H3;1-2H;6H,2-5H2,1H3. The Hall–Kier alpha value is -7.80. The van der Waals surface area contributed by atoms with Crippen LogP contribution in [0.1, 0.15) is 0 Å². The normalized spacial score (nSPS) is 15.1. The lowest BCUT2D eigenvalue weighted by molar-refractivity contribution is -0.387. The number of nitrogens with one attached hydrogen (secondary N) is 3. The van der Waals surface area contributed by atoms with Crippen LogP contribution in [-0.2, 0) is 4.79 Å². The van der Waals surface area contributed by atoms with E-state index in [2.05, 4.69) is 54.2 Å². The monoisotopic (exact) mass is 1030 g/mol. The molecule has 0 unspecified atom stereocenters. The van der Waals surface area contributed by atoms with Gasteiger partial charge in [-0.2, -0.15) is 8.78 Å². The van der Waals surface area contributed by atoms with Crippen molar-refractivity contribution in [2.75, 3.05) is 120 Å². The van der Waals surface area contributed by atoms with E-state index in [1.165, 1.54) is 25.2 Å². The SMILES string of the molecule is C=CC(=O)Nc1cccc(-c2cccc3cnc(Nc4cc(F)c(N5CCN(C)CC5)cc4F)nc23)c1.CN1CCN(c2cc(F)c([N+](=O)[O-])cc2F)CC1.CN1CCNCC1.O=[N+]([O-])c1cc(F)c(F)cc1F. The highest BCUT2D eigenvalue weighted by atomic mass is 19.2. The molecule has 3 aliphatic heterocycles. The third-order valence-electron chi connectivity index (χ3n) is 11.9. The van der Waals surface area contributed by atoms with Crippen LogP contribution >= 0.6 is 0 Å². The van der Waals surface area contributed by atoms with Crippen molar-refractivity contribution >= 4 is 56.9 Å². The zero-order valence-corrected chi connectivity index (χ0v) is 40.6. The number of benzene rings is 5. The van der Waals surface area contributed by atoms with Gasteiger partial charge in [-0.05, 0) is 44.9 Å². The summed E-state index contributed by atoms with van der Waals surface area (Å²) >= 11 is 0. The predicted octanol–water partition coefficient (Wildman–Crippen LogP) is 8.35. The molecule has 1 aromatic heterocycles. The Balaban J connectivity index is 0.000000197. The fourth-order valence-corrected chi connectivity index (χ4v) is 7.73. The molecule has 3 fully saturated rings. The average molecular weight is 1040 g/mol. The van der Waals surface area contributed by atoms with Crippen molar-refractivity contribution in [2.24, 2.45) is 0 Å². The number of likely N-dealkylation sites (N-methyl/N-ethyl adjacent to an activating group) is 3. The molecule has 17 nitrogen and oxygen atoms in total. The summed E-state index contributed by atoms with van der Waals surface area (Å²) in [6.45, 7) is 13.7. The van der Waals surface area contributed by atoms with Gasteiger partial charge in [-0.3, -0.25) is 25.0 Å². The van der Waals surface area contributed by atoms with E-state index in [1.54, 1.807) is 17.2 Å². The van der Waals surface area contributed by atoms with E-state index in [-0.39, 0.29) is 41.1 Å². The maximum atomic E-state index is 15.0. The lowest BCUT2D eigenvalue weighted by Crippen LogP contribution is -2.44. The Morgan fingerprint density at radius 1 is 0.635 bits per heavy atom. The minimum absolute atomic E-state index is 0.0404. The van der Waals surface area contributed by atoms with Gasteiger partial charge >= 0.3 is 11.4 Å². The molecule has 4 heterocycles. The molecule has 0 atom stereocenters. The lowest BCUT2D eigenvalue weighted by atomic mass is 10.0. The number of hydrogen-bond donors (Lipinski definition) is 3. The van der Waals surface area contributed by atoms with Crippen LogP contribution in [0.3, 0.4) is 0 Å². The molecule has 3 saturated heterocycles. The van der Waals surface area contributed by atoms with Gasteiger partial charge in [0.1, 0.15) is 11.6 Å². The number of rotatable bonds is 9. The van der Waals surface area contributed by atoms with Crippen LogP contribution < -0.4 is 25.8 Å². The van der Waals surface area contributed by atoms with E-state index in [0.29, 0.717) is 43.4 Å². The fourth-order valence-electron chi connectivity index (χ4n) is 7.73. The average Bonchev–Trinajstić information content (AvgIpc) is 3.37. The van der Waals surface area contributed by atoms with Crippen LogP contribution in [0.5, 0.6) is 0 Å². The van der Waals surface area contributed by atoms with Crippen molar-refractivity contribution in [3.8, 4) is 11.1 Å². The molecule has 74 heavy (non-hydrogen) atoms. The van der Waals surface area contributed by atoms with Crippen LogP contribution in [0.25, 0.3) is 22.0 Å². The van der Waals surface area contributed by atoms with E-state index >= 15 is 4.39 Å². The van der Waals surface area contributed by atoms with Crippen molar-refractivity contribution in [2.45, 2.75) is 0 Å². The summed E-state index contributed by atoms with van der Waals surface area (Å²) < 4.78 is 94.1. The lowest BCUT2D eigenvalue weighted by Gasteiger charge is -2.34. The van der Waals surface area contributed by atoms with E-state index in [9.17, 15) is 51.4 Å². The van der Waals surface area contributed by atoms with Crippen molar-refractivity contribution in [1.29, 1.82) is 0 Å². The number of piperazine rings is 3. The molecule has 0 saturated carbocycles. The highest BCUT2D eigenvalue weighted by Gasteiger charge is 2.24. The van der Waals surface area contributed by atoms with Crippen LogP contribution in [0.15, 0.2) is 97.7 Å². The minimum atomic E-state index is -1.45. The van der Waals surface area contributed by atoms with Crippen LogP contribution in [0.4, 0.5) is 70.8 Å². The first kappa shape index (κ1) is 55.5. The first-order valence-electron chi connectivity index (χ1n) is 23.1. The molecule has 3 aliphatic rings. The molecule has 0 aliphatic carbocycles. The predicted molar refractivity (Wildman–Crippen MR) is 269 cm³/mol. The Morgan fingerprint density at radius 3 is 1.70 bits per heavy atom. The summed E-state index contributed by atoms with van der Waals surface area (Å²) in [7, 11) is 6.11. The summed E-state index contributed by atoms with van der Waals surface area (Å²) in [5, 5.41) is 30.1. The molecule has 0 spiro atoms. The Kier molecular flexibility index (Phi) is 19.3. The van der Waals surface area contributed by atoms with Gasteiger partial charge in [0.05, 0.1) is 44.6 Å². The molecule has 0 bridgehead atoms. The second kappa shape index (κ2) is 25.7. The molecular formula is C50H53F7N12O5. The van der Waals surface area contributed by atoms with Gasteiger partial charge in [-0.25, -0.2) is 31.9 Å². The van der Waals surface area contributed by atoms with Gasteiger partial charge < -0.3 is 40.4 Å². The van der Waals surface area contributed by atoms with Crippen molar-refractivity contribution < 1.29 is 45.4 Å². The molecule has 6 aromatic rings. The second-order valence-electron chi connectivity index (χ2n) is 17.2. The van der Waals surface area contributed by atoms with Gasteiger partial charge in [-0.15, -0.1) is 0 Å². The molecule has 3 N–H and O–H groups in total. The molecular weight excluding hydrogens is 982 g/mol. The van der Waals surface area contributed by atoms with Crippen molar-refractivity contribution in [1.82, 2.24) is 30.0 Å². The number of amides is 1. The summed E-state index contributed by atoms with van der Waals surface area (Å²) in [6.07, 6.45) is 2.83. The van der Waals surface area contributed by atoms with E-state index in [4.69, 9.17) is 0 Å². The number of carbonyl (C=O) groups excluding carboxylic acids is 1. The van der Waals surface area contributed by atoms with Crippen LogP contribution in [0, 0.1) is 60.9 Å². The van der Waals surface area contributed by atoms with Gasteiger partial charge in [-0.1, -0.05) is 36.9 Å². The first-order chi connectivity index (χ1) is 35.3. The summed E-state index contributed by atoms with van der Waals surface area (Å²) in [5.74, 6) is -7.30. The zero-order chi connectivity index (χ0) is 53.6. The van der Waals surface area contributed by atoms with Crippen molar-refractivity contribution in [3.63, 3.8) is 0 Å². The molecule has 24 heteroatoms. The molecule has 1 amide bonds. The third-order valence-corrected chi connectivity index (χ3v) is 11.9. The van der Waals surface area contributed by atoms with Gasteiger partial charge in [0.2, 0.25) is 23.5 Å². The van der Waals surface area contributed by atoms with Crippen LogP contribution in [-0.4, -0.2) is 140 Å². The van der Waals surface area contributed by atoms with E-state index < -0.39 is 61.9 Å². The Labute approximate surface area is 421 Å². The number of nitro groups is 2. The van der Waals surface area contributed by atoms with E-state index in [1.807, 2.05) is 55.4 Å². The van der Waals surface area contributed by atoms with Gasteiger partial charge in [0, 0.05) is 126 Å². The number of nitrogens with zero attached hydrogens (tertiary/aromatic N) is 9. The molecule has 9 rings (SSSR count). The number of nitro benzene ring substituents is 2. The largest absolute Gasteiger partial charge is 0.367 e. The number of fused-ring (bicyclic) bond motifs is 1. The van der Waals surface area contributed by atoms with Crippen molar-refractivity contribution in [3.05, 3.63) is 159 Å². The Morgan fingerprint density at radius 2 is 1.15 bits per heavy atom. The highest BCUT2D eigenvalue weighted by Crippen LogP contribution is 2.33. The number of hydrogen-bond acceptors (Lipinski definition) is 14. The fraction of sp³-hybridized carbons (Fsp3) is 0.300. The summed E-state index contributed by atoms with van der Waals surface area (Å²) in [4.78, 5) is 49.1.